The molecule has 0 amide bonds. The summed E-state index contributed by atoms with van der Waals surface area (Å²) in [6.07, 6.45) is 1.49. The van der Waals surface area contributed by atoms with Crippen molar-refractivity contribution in [3.63, 3.8) is 0 Å². The third-order valence-electron chi connectivity index (χ3n) is 2.72. The fourth-order valence-corrected chi connectivity index (χ4v) is 2.96. The Morgan fingerprint density at radius 1 is 1.15 bits per heavy atom. The Morgan fingerprint density at radius 3 is 2.60 bits per heavy atom. The zero-order valence-electron chi connectivity index (χ0n) is 12.2. The van der Waals surface area contributed by atoms with Gasteiger partial charge in [-0.25, -0.2) is 8.42 Å². The fourth-order valence-electron chi connectivity index (χ4n) is 1.77. The Labute approximate surface area is 121 Å². The summed E-state index contributed by atoms with van der Waals surface area (Å²) < 4.78 is 32.0. The van der Waals surface area contributed by atoms with Crippen LogP contribution >= 0.6 is 0 Å². The summed E-state index contributed by atoms with van der Waals surface area (Å²) in [5.41, 5.74) is 0.501. The molecule has 0 saturated heterocycles. The summed E-state index contributed by atoms with van der Waals surface area (Å²) in [6.45, 7) is 6.16. The maximum absolute atomic E-state index is 12.0. The molecule has 1 aromatic carbocycles. The van der Waals surface area contributed by atoms with E-state index in [1.54, 1.807) is 18.2 Å². The molecule has 0 spiro atoms. The highest BCUT2D eigenvalue weighted by Crippen LogP contribution is 2.24. The molecule has 5 nitrogen and oxygen atoms in total. The van der Waals surface area contributed by atoms with E-state index in [1.165, 1.54) is 0 Å². The Hall–Kier alpha value is -1.27. The molecule has 2 N–H and O–H groups in total. The van der Waals surface area contributed by atoms with Crippen molar-refractivity contribution in [3.8, 4) is 5.75 Å². The molecule has 0 unspecified atom stereocenters. The van der Waals surface area contributed by atoms with Crippen LogP contribution in [0.5, 0.6) is 5.75 Å². The smallest absolute Gasteiger partial charge is 0.232 e. The number of nitrogens with one attached hydrogen (secondary N) is 2. The second-order valence-corrected chi connectivity index (χ2v) is 6.25. The van der Waals surface area contributed by atoms with Gasteiger partial charge >= 0.3 is 0 Å². The number of anilines is 1. The average Bonchev–Trinajstić information content (AvgIpc) is 2.41. The molecule has 0 aliphatic heterocycles. The van der Waals surface area contributed by atoms with Gasteiger partial charge in [0.2, 0.25) is 10.0 Å². The summed E-state index contributed by atoms with van der Waals surface area (Å²) in [7, 11) is -3.32. The predicted octanol–water partition coefficient (Wildman–Crippen LogP) is 2.22. The number of unbranched alkanes of at least 4 members (excludes halogenated alkanes) is 1. The van der Waals surface area contributed by atoms with Gasteiger partial charge in [-0.05, 0) is 45.0 Å². The summed E-state index contributed by atoms with van der Waals surface area (Å²) in [5.74, 6) is 0.685. The first-order valence-corrected chi connectivity index (χ1v) is 8.67. The van der Waals surface area contributed by atoms with Crippen molar-refractivity contribution in [2.45, 2.75) is 26.7 Å². The van der Waals surface area contributed by atoms with Gasteiger partial charge in [0.1, 0.15) is 5.75 Å². The third kappa shape index (κ3) is 6.25. The average molecular weight is 300 g/mol. The van der Waals surface area contributed by atoms with Crippen molar-refractivity contribution >= 4 is 15.7 Å². The first kappa shape index (κ1) is 16.8. The summed E-state index contributed by atoms with van der Waals surface area (Å²) in [6, 6.07) is 7.07. The molecule has 0 fully saturated rings. The highest BCUT2D eigenvalue weighted by molar-refractivity contribution is 7.92. The van der Waals surface area contributed by atoms with Crippen LogP contribution in [0.4, 0.5) is 5.69 Å². The van der Waals surface area contributed by atoms with Gasteiger partial charge in [-0.15, -0.1) is 0 Å². The molecule has 0 bridgehead atoms. The van der Waals surface area contributed by atoms with Crippen molar-refractivity contribution in [2.75, 3.05) is 30.2 Å². The maximum atomic E-state index is 12.0. The zero-order chi connectivity index (χ0) is 14.8. The van der Waals surface area contributed by atoms with E-state index in [2.05, 4.69) is 10.0 Å². The van der Waals surface area contributed by atoms with Gasteiger partial charge in [-0.1, -0.05) is 19.1 Å². The largest absolute Gasteiger partial charge is 0.492 e. The van der Waals surface area contributed by atoms with Crippen LogP contribution in [0, 0.1) is 0 Å². The highest BCUT2D eigenvalue weighted by atomic mass is 32.2. The normalized spacial score (nSPS) is 11.3. The van der Waals surface area contributed by atoms with Crippen molar-refractivity contribution in [1.82, 2.24) is 5.32 Å². The SMILES string of the molecule is CCNCCCCS(=O)(=O)Nc1ccccc1OCC. The minimum atomic E-state index is -3.32. The molecule has 6 heteroatoms. The Bertz CT molecular complexity index is 489. The molecule has 114 valence electrons. The number of sulfonamides is 1. The van der Waals surface area contributed by atoms with Crippen LogP contribution in [0.1, 0.15) is 26.7 Å². The minimum absolute atomic E-state index is 0.124. The Kier molecular flexibility index (Phi) is 7.40. The summed E-state index contributed by atoms with van der Waals surface area (Å²) >= 11 is 0. The van der Waals surface area contributed by atoms with Gasteiger partial charge in [0, 0.05) is 0 Å². The molecule has 0 aliphatic rings. The molecule has 0 saturated carbocycles. The number of benzene rings is 1. The second kappa shape index (κ2) is 8.81. The van der Waals surface area contributed by atoms with Crippen LogP contribution in [-0.2, 0) is 10.0 Å². The van der Waals surface area contributed by atoms with E-state index in [1.807, 2.05) is 19.9 Å². The minimum Gasteiger partial charge on any atom is -0.492 e. The number of para-hydroxylation sites is 2. The van der Waals surface area contributed by atoms with Crippen molar-refractivity contribution < 1.29 is 13.2 Å². The van der Waals surface area contributed by atoms with Crippen molar-refractivity contribution in [1.29, 1.82) is 0 Å². The quantitative estimate of drug-likeness (QED) is 0.650. The highest BCUT2D eigenvalue weighted by Gasteiger charge is 2.12. The molecule has 0 heterocycles. The third-order valence-corrected chi connectivity index (χ3v) is 4.08. The monoisotopic (exact) mass is 300 g/mol. The number of hydrogen-bond acceptors (Lipinski definition) is 4. The van der Waals surface area contributed by atoms with Crippen LogP contribution in [0.3, 0.4) is 0 Å². The number of ether oxygens (including phenoxy) is 1. The molecule has 0 atom stereocenters. The van der Waals surface area contributed by atoms with E-state index in [0.29, 0.717) is 24.5 Å². The van der Waals surface area contributed by atoms with Gasteiger partial charge in [0.05, 0.1) is 18.0 Å². The van der Waals surface area contributed by atoms with E-state index in [4.69, 9.17) is 4.74 Å². The van der Waals surface area contributed by atoms with Gasteiger partial charge in [0.25, 0.3) is 0 Å². The van der Waals surface area contributed by atoms with Crippen LogP contribution < -0.4 is 14.8 Å². The topological polar surface area (TPSA) is 67.4 Å². The number of hydrogen-bond donors (Lipinski definition) is 2. The second-order valence-electron chi connectivity index (χ2n) is 4.41. The molecule has 0 radical (unpaired) electrons. The van der Waals surface area contributed by atoms with Gasteiger partial charge in [-0.2, -0.15) is 0 Å². The molecular formula is C14H24N2O3S. The summed E-state index contributed by atoms with van der Waals surface area (Å²) in [5, 5.41) is 3.17. The Morgan fingerprint density at radius 2 is 1.90 bits per heavy atom. The number of rotatable bonds is 10. The van der Waals surface area contributed by atoms with Gasteiger partial charge < -0.3 is 10.1 Å². The van der Waals surface area contributed by atoms with Gasteiger partial charge in [-0.3, -0.25) is 4.72 Å². The lowest BCUT2D eigenvalue weighted by atomic mass is 10.3. The Balaban J connectivity index is 2.53. The zero-order valence-corrected chi connectivity index (χ0v) is 13.0. The van der Waals surface area contributed by atoms with E-state index < -0.39 is 10.0 Å². The van der Waals surface area contributed by atoms with E-state index in [9.17, 15) is 8.42 Å². The molecule has 0 aliphatic carbocycles. The van der Waals surface area contributed by atoms with Crippen LogP contribution in [0.2, 0.25) is 0 Å². The van der Waals surface area contributed by atoms with E-state index in [0.717, 1.165) is 19.5 Å². The lowest BCUT2D eigenvalue weighted by Gasteiger charge is -2.12. The van der Waals surface area contributed by atoms with Crippen LogP contribution in [0.15, 0.2) is 24.3 Å². The van der Waals surface area contributed by atoms with Crippen molar-refractivity contribution in [3.05, 3.63) is 24.3 Å². The fraction of sp³-hybridized carbons (Fsp3) is 0.571. The van der Waals surface area contributed by atoms with Crippen LogP contribution in [-0.4, -0.2) is 33.9 Å². The first-order chi connectivity index (χ1) is 9.59. The molecule has 1 rings (SSSR count). The lowest BCUT2D eigenvalue weighted by Crippen LogP contribution is -2.19. The van der Waals surface area contributed by atoms with Crippen LogP contribution in [0.25, 0.3) is 0 Å². The molecule has 0 aromatic heterocycles. The first-order valence-electron chi connectivity index (χ1n) is 7.02. The maximum Gasteiger partial charge on any atom is 0.232 e. The van der Waals surface area contributed by atoms with Crippen molar-refractivity contribution in [2.24, 2.45) is 0 Å². The lowest BCUT2D eigenvalue weighted by molar-refractivity contribution is 0.342. The summed E-state index contributed by atoms with van der Waals surface area (Å²) in [4.78, 5) is 0. The standard InChI is InChI=1S/C14H24N2O3S/c1-3-15-11-7-8-12-20(17,18)16-13-9-5-6-10-14(13)19-4-2/h5-6,9-10,15-16H,3-4,7-8,11-12H2,1-2H3. The molecular weight excluding hydrogens is 276 g/mol. The van der Waals surface area contributed by atoms with E-state index >= 15 is 0 Å². The van der Waals surface area contributed by atoms with Gasteiger partial charge in [0.15, 0.2) is 0 Å². The van der Waals surface area contributed by atoms with E-state index in [-0.39, 0.29) is 5.75 Å². The predicted molar refractivity (Wildman–Crippen MR) is 82.8 cm³/mol. The molecule has 20 heavy (non-hydrogen) atoms. The molecule has 1 aromatic rings.